The van der Waals surface area contributed by atoms with Crippen molar-refractivity contribution in [3.05, 3.63) is 58.1 Å². The average Bonchev–Trinajstić information content (AvgIpc) is 2.37. The molecule has 5 heteroatoms. The normalized spacial score (nSPS) is 12.4. The Morgan fingerprint density at radius 2 is 1.94 bits per heavy atom. The number of aromatic nitrogens is 2. The van der Waals surface area contributed by atoms with Gasteiger partial charge in [-0.2, -0.15) is 0 Å². The van der Waals surface area contributed by atoms with Crippen LogP contribution in [-0.4, -0.2) is 9.97 Å². The summed E-state index contributed by atoms with van der Waals surface area (Å²) in [7, 11) is 0. The Labute approximate surface area is 116 Å². The summed E-state index contributed by atoms with van der Waals surface area (Å²) in [5, 5.41) is 4.69. The average molecular weight is 282 g/mol. The van der Waals surface area contributed by atoms with Crippen LogP contribution in [0.1, 0.15) is 24.1 Å². The van der Waals surface area contributed by atoms with Crippen LogP contribution in [0, 0.1) is 0 Å². The molecule has 2 rings (SSSR count). The lowest BCUT2D eigenvalue weighted by molar-refractivity contribution is 0.573. The molecule has 0 spiro atoms. The van der Waals surface area contributed by atoms with E-state index in [9.17, 15) is 0 Å². The second-order valence-electron chi connectivity index (χ2n) is 4.02. The number of hydrogen-bond donors (Lipinski definition) is 1. The largest absolute Gasteiger partial charge is 0.306 e. The van der Waals surface area contributed by atoms with Crippen molar-refractivity contribution in [1.29, 1.82) is 0 Å². The minimum atomic E-state index is 0.134. The summed E-state index contributed by atoms with van der Waals surface area (Å²) in [6, 6.07) is 5.66. The third-order valence-electron chi connectivity index (χ3n) is 2.66. The van der Waals surface area contributed by atoms with Gasteiger partial charge in [-0.25, -0.2) is 9.97 Å². The maximum absolute atomic E-state index is 6.16. The van der Waals surface area contributed by atoms with Gasteiger partial charge in [-0.1, -0.05) is 29.3 Å². The van der Waals surface area contributed by atoms with Crippen molar-refractivity contribution in [2.45, 2.75) is 19.5 Å². The lowest BCUT2D eigenvalue weighted by atomic mass is 10.1. The first-order valence-electron chi connectivity index (χ1n) is 5.59. The highest BCUT2D eigenvalue weighted by molar-refractivity contribution is 6.35. The predicted molar refractivity (Wildman–Crippen MR) is 73.7 cm³/mol. The number of hydrogen-bond acceptors (Lipinski definition) is 3. The molecular formula is C13H13Cl2N3. The van der Waals surface area contributed by atoms with Crippen molar-refractivity contribution in [1.82, 2.24) is 15.3 Å². The molecule has 0 bridgehead atoms. The number of nitrogens with zero attached hydrogens (tertiary/aromatic N) is 2. The minimum Gasteiger partial charge on any atom is -0.306 e. The predicted octanol–water partition coefficient (Wildman–Crippen LogP) is 3.63. The van der Waals surface area contributed by atoms with E-state index in [4.69, 9.17) is 23.2 Å². The first kappa shape index (κ1) is 13.3. The second kappa shape index (κ2) is 6.14. The zero-order chi connectivity index (χ0) is 13.0. The smallest absolute Gasteiger partial charge is 0.115 e. The topological polar surface area (TPSA) is 37.8 Å². The molecule has 2 aromatic rings. The molecule has 1 aromatic carbocycles. The van der Waals surface area contributed by atoms with Crippen molar-refractivity contribution < 1.29 is 0 Å². The Bertz CT molecular complexity index is 517. The van der Waals surface area contributed by atoms with E-state index in [1.807, 2.05) is 12.1 Å². The summed E-state index contributed by atoms with van der Waals surface area (Å²) < 4.78 is 0. The third kappa shape index (κ3) is 3.42. The molecule has 0 aliphatic carbocycles. The SMILES string of the molecule is CC(NCc1cncnc1)c1ccc(Cl)cc1Cl. The van der Waals surface area contributed by atoms with Crippen LogP contribution in [0.5, 0.6) is 0 Å². The Morgan fingerprint density at radius 3 is 2.61 bits per heavy atom. The van der Waals surface area contributed by atoms with Gasteiger partial charge >= 0.3 is 0 Å². The third-order valence-corrected chi connectivity index (χ3v) is 3.22. The molecule has 1 N–H and O–H groups in total. The molecule has 0 radical (unpaired) electrons. The molecular weight excluding hydrogens is 269 g/mol. The highest BCUT2D eigenvalue weighted by Crippen LogP contribution is 2.26. The molecule has 0 aliphatic rings. The summed E-state index contributed by atoms with van der Waals surface area (Å²) in [5.41, 5.74) is 2.06. The zero-order valence-corrected chi connectivity index (χ0v) is 11.4. The molecule has 0 amide bonds. The van der Waals surface area contributed by atoms with E-state index in [-0.39, 0.29) is 6.04 Å². The zero-order valence-electron chi connectivity index (χ0n) is 9.90. The van der Waals surface area contributed by atoms with E-state index in [1.165, 1.54) is 6.33 Å². The first-order valence-corrected chi connectivity index (χ1v) is 6.34. The van der Waals surface area contributed by atoms with Crippen molar-refractivity contribution in [3.63, 3.8) is 0 Å². The summed E-state index contributed by atoms with van der Waals surface area (Å²) in [5.74, 6) is 0. The van der Waals surface area contributed by atoms with Gasteiger partial charge in [0.15, 0.2) is 0 Å². The van der Waals surface area contributed by atoms with Crippen LogP contribution in [0.3, 0.4) is 0 Å². The molecule has 1 atom stereocenters. The van der Waals surface area contributed by atoms with Gasteiger partial charge in [0.25, 0.3) is 0 Å². The molecule has 1 heterocycles. The van der Waals surface area contributed by atoms with Crippen LogP contribution in [0.15, 0.2) is 36.9 Å². The quantitative estimate of drug-likeness (QED) is 0.930. The number of nitrogens with one attached hydrogen (secondary N) is 1. The Hall–Kier alpha value is -1.16. The van der Waals surface area contributed by atoms with Crippen molar-refractivity contribution in [2.24, 2.45) is 0 Å². The molecule has 3 nitrogen and oxygen atoms in total. The highest BCUT2D eigenvalue weighted by Gasteiger charge is 2.09. The van der Waals surface area contributed by atoms with Crippen LogP contribution in [0.4, 0.5) is 0 Å². The Kier molecular flexibility index (Phi) is 4.53. The van der Waals surface area contributed by atoms with Gasteiger partial charge < -0.3 is 5.32 Å². The lowest BCUT2D eigenvalue weighted by Crippen LogP contribution is -2.18. The van der Waals surface area contributed by atoms with E-state index >= 15 is 0 Å². The second-order valence-corrected chi connectivity index (χ2v) is 4.86. The molecule has 18 heavy (non-hydrogen) atoms. The Morgan fingerprint density at radius 1 is 1.22 bits per heavy atom. The van der Waals surface area contributed by atoms with Crippen LogP contribution in [0.2, 0.25) is 10.0 Å². The number of rotatable bonds is 4. The van der Waals surface area contributed by atoms with Gasteiger partial charge in [-0.15, -0.1) is 0 Å². The molecule has 0 saturated heterocycles. The number of halogens is 2. The molecule has 0 aliphatic heterocycles. The summed E-state index contributed by atoms with van der Waals surface area (Å²) >= 11 is 12.0. The van der Waals surface area contributed by atoms with Crippen molar-refractivity contribution in [2.75, 3.05) is 0 Å². The lowest BCUT2D eigenvalue weighted by Gasteiger charge is -2.15. The van der Waals surface area contributed by atoms with Crippen LogP contribution >= 0.6 is 23.2 Å². The standard InChI is InChI=1S/C13H13Cl2N3/c1-9(12-3-2-11(14)4-13(12)15)18-7-10-5-16-8-17-6-10/h2-6,8-9,18H,7H2,1H3. The Balaban J connectivity index is 2.01. The van der Waals surface area contributed by atoms with Gasteiger partial charge in [-0.05, 0) is 24.6 Å². The van der Waals surface area contributed by atoms with E-state index in [1.54, 1.807) is 18.5 Å². The first-order chi connectivity index (χ1) is 8.66. The highest BCUT2D eigenvalue weighted by atomic mass is 35.5. The van der Waals surface area contributed by atoms with Gasteiger partial charge in [0.1, 0.15) is 6.33 Å². The summed E-state index contributed by atoms with van der Waals surface area (Å²) in [4.78, 5) is 7.94. The van der Waals surface area contributed by atoms with Crippen molar-refractivity contribution in [3.8, 4) is 0 Å². The van der Waals surface area contributed by atoms with E-state index in [0.29, 0.717) is 16.6 Å². The molecule has 0 fully saturated rings. The summed E-state index contributed by atoms with van der Waals surface area (Å²) in [6.45, 7) is 2.75. The summed E-state index contributed by atoms with van der Waals surface area (Å²) in [6.07, 6.45) is 5.09. The van der Waals surface area contributed by atoms with Gasteiger partial charge in [0.2, 0.25) is 0 Å². The minimum absolute atomic E-state index is 0.134. The van der Waals surface area contributed by atoms with Gasteiger partial charge in [0.05, 0.1) is 0 Å². The molecule has 94 valence electrons. The van der Waals surface area contributed by atoms with E-state index in [2.05, 4.69) is 22.2 Å². The number of benzene rings is 1. The molecule has 0 saturated carbocycles. The van der Waals surface area contributed by atoms with Crippen molar-refractivity contribution >= 4 is 23.2 Å². The van der Waals surface area contributed by atoms with E-state index in [0.717, 1.165) is 11.1 Å². The molecule has 1 unspecified atom stereocenters. The fraction of sp³-hybridized carbons (Fsp3) is 0.231. The monoisotopic (exact) mass is 281 g/mol. The van der Waals surface area contributed by atoms with E-state index < -0.39 is 0 Å². The van der Waals surface area contributed by atoms with Crippen LogP contribution in [-0.2, 0) is 6.54 Å². The molecule has 1 aromatic heterocycles. The van der Waals surface area contributed by atoms with Crippen LogP contribution < -0.4 is 5.32 Å². The maximum atomic E-state index is 6.16. The van der Waals surface area contributed by atoms with Gasteiger partial charge in [-0.3, -0.25) is 0 Å². The fourth-order valence-corrected chi connectivity index (χ4v) is 2.23. The maximum Gasteiger partial charge on any atom is 0.115 e. The van der Waals surface area contributed by atoms with Gasteiger partial charge in [0, 0.05) is 40.6 Å². The fourth-order valence-electron chi connectivity index (χ4n) is 1.65. The van der Waals surface area contributed by atoms with Crippen LogP contribution in [0.25, 0.3) is 0 Å².